The van der Waals surface area contributed by atoms with Gasteiger partial charge in [-0.1, -0.05) is 6.07 Å². The van der Waals surface area contributed by atoms with Gasteiger partial charge in [0.15, 0.2) is 6.29 Å². The summed E-state index contributed by atoms with van der Waals surface area (Å²) >= 11 is 0. The fraction of sp³-hybridized carbons (Fsp3) is 0.435. The van der Waals surface area contributed by atoms with E-state index in [1.165, 1.54) is 6.20 Å². The van der Waals surface area contributed by atoms with Crippen molar-refractivity contribution in [2.45, 2.75) is 24.5 Å². The molecule has 1 saturated carbocycles. The number of nitriles is 1. The van der Waals surface area contributed by atoms with E-state index in [-0.39, 0.29) is 17.6 Å². The van der Waals surface area contributed by atoms with E-state index in [9.17, 15) is 14.9 Å². The third kappa shape index (κ3) is 4.43. The van der Waals surface area contributed by atoms with Crippen LogP contribution in [0.3, 0.4) is 0 Å². The smallest absolute Gasteiger partial charge is 0.328 e. The first-order chi connectivity index (χ1) is 16.5. The second-order valence-electron chi connectivity index (χ2n) is 8.07. The van der Waals surface area contributed by atoms with Crippen molar-refractivity contribution in [2.75, 3.05) is 56.1 Å². The molecule has 1 aliphatic carbocycles. The van der Waals surface area contributed by atoms with Crippen LogP contribution in [0.4, 0.5) is 22.1 Å². The molecule has 3 aliphatic rings. The van der Waals surface area contributed by atoms with E-state index >= 15 is 0 Å². The Labute approximate surface area is 197 Å². The summed E-state index contributed by atoms with van der Waals surface area (Å²) in [6.45, 7) is 1.82. The fourth-order valence-electron chi connectivity index (χ4n) is 4.34. The number of nitrogens with one attached hydrogen (secondary N) is 2. The zero-order valence-electron chi connectivity index (χ0n) is 19.0. The van der Waals surface area contributed by atoms with Crippen molar-refractivity contribution in [1.29, 1.82) is 5.26 Å². The molecule has 11 heteroatoms. The van der Waals surface area contributed by atoms with Crippen molar-refractivity contribution in [3.63, 3.8) is 0 Å². The molecule has 0 unspecified atom stereocenters. The molecule has 0 atom stereocenters. The summed E-state index contributed by atoms with van der Waals surface area (Å²) < 4.78 is 16.3. The number of aldehydes is 1. The SMILES string of the molecule is COCCNc1cc(NC(=O)N2c3nc(C=O)ccc3C3(OCCOC)CC2C3)ncc1C#N. The highest BCUT2D eigenvalue weighted by Crippen LogP contribution is 2.55. The second-order valence-corrected chi connectivity index (χ2v) is 8.07. The summed E-state index contributed by atoms with van der Waals surface area (Å²) in [5.74, 6) is 0.679. The number of pyridine rings is 2. The number of aromatic nitrogens is 2. The highest BCUT2D eigenvalue weighted by atomic mass is 16.5. The number of hydrogen-bond acceptors (Lipinski definition) is 9. The van der Waals surface area contributed by atoms with Crippen molar-refractivity contribution in [3.05, 3.63) is 41.2 Å². The zero-order valence-corrected chi connectivity index (χ0v) is 19.0. The van der Waals surface area contributed by atoms with Gasteiger partial charge in [0, 0.05) is 57.5 Å². The normalized spacial score (nSPS) is 20.0. The lowest BCUT2D eigenvalue weighted by Crippen LogP contribution is -2.62. The van der Waals surface area contributed by atoms with E-state index in [2.05, 4.69) is 26.7 Å². The number of amides is 2. The van der Waals surface area contributed by atoms with E-state index in [4.69, 9.17) is 14.2 Å². The van der Waals surface area contributed by atoms with Gasteiger partial charge in [-0.05, 0) is 6.07 Å². The van der Waals surface area contributed by atoms with Gasteiger partial charge >= 0.3 is 6.03 Å². The number of anilines is 3. The number of rotatable bonds is 10. The van der Waals surface area contributed by atoms with Crippen LogP contribution in [0, 0.1) is 11.3 Å². The number of carbonyl (C=O) groups is 2. The van der Waals surface area contributed by atoms with Crippen molar-refractivity contribution in [3.8, 4) is 6.07 Å². The van der Waals surface area contributed by atoms with Gasteiger partial charge in [-0.25, -0.2) is 14.8 Å². The average Bonchev–Trinajstić information content (AvgIpc) is 2.83. The monoisotopic (exact) mass is 466 g/mol. The Kier molecular flexibility index (Phi) is 7.02. The van der Waals surface area contributed by atoms with Gasteiger partial charge in [0.2, 0.25) is 0 Å². The summed E-state index contributed by atoms with van der Waals surface area (Å²) in [6.07, 6.45) is 3.28. The number of carbonyl (C=O) groups excluding carboxylic acids is 2. The Morgan fingerprint density at radius 1 is 1.29 bits per heavy atom. The summed E-state index contributed by atoms with van der Waals surface area (Å²) in [7, 11) is 3.20. The van der Waals surface area contributed by atoms with Crippen LogP contribution < -0.4 is 15.5 Å². The molecule has 2 bridgehead atoms. The van der Waals surface area contributed by atoms with Gasteiger partial charge < -0.3 is 19.5 Å². The van der Waals surface area contributed by atoms with Gasteiger partial charge in [0.1, 0.15) is 29.0 Å². The van der Waals surface area contributed by atoms with Gasteiger partial charge in [-0.2, -0.15) is 5.26 Å². The molecule has 0 saturated heterocycles. The Bertz CT molecular complexity index is 1110. The predicted octanol–water partition coefficient (Wildman–Crippen LogP) is 2.29. The Morgan fingerprint density at radius 3 is 2.79 bits per heavy atom. The molecule has 5 rings (SSSR count). The first-order valence-corrected chi connectivity index (χ1v) is 10.9. The largest absolute Gasteiger partial charge is 0.383 e. The van der Waals surface area contributed by atoms with Gasteiger partial charge in [0.25, 0.3) is 0 Å². The van der Waals surface area contributed by atoms with Crippen LogP contribution in [0.25, 0.3) is 0 Å². The van der Waals surface area contributed by atoms with Gasteiger partial charge in [-0.3, -0.25) is 15.0 Å². The minimum Gasteiger partial charge on any atom is -0.383 e. The van der Waals surface area contributed by atoms with Crippen LogP contribution in [0.1, 0.15) is 34.5 Å². The molecule has 1 fully saturated rings. The average molecular weight is 466 g/mol. The lowest BCUT2D eigenvalue weighted by atomic mass is 9.67. The van der Waals surface area contributed by atoms with Crippen molar-refractivity contribution in [1.82, 2.24) is 9.97 Å². The van der Waals surface area contributed by atoms with Crippen LogP contribution in [-0.4, -0.2) is 68.9 Å². The Hall–Kier alpha value is -3.59. The van der Waals surface area contributed by atoms with Crippen LogP contribution in [-0.2, 0) is 19.8 Å². The number of urea groups is 1. The molecular formula is C23H26N6O5. The maximum absolute atomic E-state index is 13.3. The number of ether oxygens (including phenoxy) is 3. The highest BCUT2D eigenvalue weighted by Gasteiger charge is 2.57. The van der Waals surface area contributed by atoms with E-state index in [0.717, 1.165) is 5.56 Å². The maximum Gasteiger partial charge on any atom is 0.328 e. The van der Waals surface area contributed by atoms with Gasteiger partial charge in [0.05, 0.1) is 31.1 Å². The summed E-state index contributed by atoms with van der Waals surface area (Å²) in [4.78, 5) is 34.9. The molecule has 0 aromatic carbocycles. The number of hydrogen-bond donors (Lipinski definition) is 2. The van der Waals surface area contributed by atoms with E-state index in [1.807, 2.05) is 0 Å². The lowest BCUT2D eigenvalue weighted by Gasteiger charge is -2.56. The predicted molar refractivity (Wildman–Crippen MR) is 123 cm³/mol. The molecule has 11 nitrogen and oxygen atoms in total. The quantitative estimate of drug-likeness (QED) is 0.399. The third-order valence-corrected chi connectivity index (χ3v) is 6.00. The lowest BCUT2D eigenvalue weighted by molar-refractivity contribution is -0.131. The number of methoxy groups -OCH3 is 2. The molecule has 178 valence electrons. The summed E-state index contributed by atoms with van der Waals surface area (Å²) in [5, 5.41) is 15.2. The Morgan fingerprint density at radius 2 is 2.09 bits per heavy atom. The van der Waals surface area contributed by atoms with Gasteiger partial charge in [-0.15, -0.1) is 0 Å². The van der Waals surface area contributed by atoms with Crippen LogP contribution in [0.15, 0.2) is 24.4 Å². The molecule has 2 N–H and O–H groups in total. The van der Waals surface area contributed by atoms with Crippen LogP contribution >= 0.6 is 0 Å². The molecule has 2 aromatic rings. The topological polar surface area (TPSA) is 139 Å². The molecule has 34 heavy (non-hydrogen) atoms. The summed E-state index contributed by atoms with van der Waals surface area (Å²) in [5.41, 5.74) is 1.34. The minimum atomic E-state index is -0.547. The molecule has 0 spiro atoms. The van der Waals surface area contributed by atoms with Crippen molar-refractivity contribution >= 4 is 29.6 Å². The maximum atomic E-state index is 13.3. The molecule has 2 aromatic heterocycles. The molecule has 2 amide bonds. The third-order valence-electron chi connectivity index (χ3n) is 6.00. The van der Waals surface area contributed by atoms with E-state index in [1.54, 1.807) is 37.3 Å². The highest BCUT2D eigenvalue weighted by molar-refractivity contribution is 6.03. The number of nitrogens with zero attached hydrogens (tertiary/aromatic N) is 4. The first-order valence-electron chi connectivity index (χ1n) is 10.9. The minimum absolute atomic E-state index is 0.137. The van der Waals surface area contributed by atoms with Crippen LogP contribution in [0.2, 0.25) is 0 Å². The standard InChI is InChI=1S/C23H26N6O5/c1-32-6-5-25-19-9-20(26-13-15(19)12-24)28-22(31)29-17-10-23(11-17,34-8-7-33-2)18-4-3-16(14-30)27-21(18)29/h3-4,9,13-14,17H,5-8,10-11H2,1-2H3,(H2,25,26,28,31). The molecule has 4 heterocycles. The molecule has 2 aliphatic heterocycles. The van der Waals surface area contributed by atoms with Crippen molar-refractivity contribution in [2.24, 2.45) is 0 Å². The zero-order chi connectivity index (χ0) is 24.1. The van der Waals surface area contributed by atoms with Crippen molar-refractivity contribution < 1.29 is 23.8 Å². The molecular weight excluding hydrogens is 440 g/mol. The molecule has 0 radical (unpaired) electrons. The Balaban J connectivity index is 1.58. The van der Waals surface area contributed by atoms with Crippen LogP contribution in [0.5, 0.6) is 0 Å². The first kappa shape index (κ1) is 23.6. The second kappa shape index (κ2) is 10.1. The van der Waals surface area contributed by atoms with E-state index < -0.39 is 11.6 Å². The fourth-order valence-corrected chi connectivity index (χ4v) is 4.34. The summed E-state index contributed by atoms with van der Waals surface area (Å²) in [6, 6.07) is 6.54. The van der Waals surface area contributed by atoms with E-state index in [0.29, 0.717) is 62.6 Å².